The van der Waals surface area contributed by atoms with Gasteiger partial charge in [-0.2, -0.15) is 5.10 Å². The van der Waals surface area contributed by atoms with Gasteiger partial charge in [0.2, 0.25) is 0 Å². The van der Waals surface area contributed by atoms with E-state index in [4.69, 9.17) is 4.74 Å². The van der Waals surface area contributed by atoms with Crippen molar-refractivity contribution in [2.24, 2.45) is 7.05 Å². The van der Waals surface area contributed by atoms with Crippen molar-refractivity contribution in [3.63, 3.8) is 0 Å². The molecule has 1 aromatic carbocycles. The third-order valence-corrected chi connectivity index (χ3v) is 5.95. The van der Waals surface area contributed by atoms with E-state index in [9.17, 15) is 9.59 Å². The molecule has 3 aromatic rings. The maximum atomic E-state index is 12.8. The lowest BCUT2D eigenvalue weighted by Gasteiger charge is -2.31. The summed E-state index contributed by atoms with van der Waals surface area (Å²) in [6, 6.07) is 7.28. The molecule has 1 atom stereocenters. The summed E-state index contributed by atoms with van der Waals surface area (Å²) in [4.78, 5) is 34.7. The number of aromatic nitrogens is 4. The van der Waals surface area contributed by atoms with E-state index in [1.54, 1.807) is 6.07 Å². The number of carbonyl (C=O) groups excluding carboxylic acids is 1. The van der Waals surface area contributed by atoms with Crippen molar-refractivity contribution < 1.29 is 9.53 Å². The Labute approximate surface area is 186 Å². The van der Waals surface area contributed by atoms with Gasteiger partial charge in [0, 0.05) is 37.9 Å². The fraction of sp³-hybridized carbons (Fsp3) is 0.478. The molecule has 1 unspecified atom stereocenters. The van der Waals surface area contributed by atoms with Crippen LogP contribution in [0.1, 0.15) is 36.6 Å². The van der Waals surface area contributed by atoms with Crippen LogP contribution in [0.2, 0.25) is 0 Å². The molecule has 1 aliphatic heterocycles. The van der Waals surface area contributed by atoms with E-state index in [1.807, 2.05) is 29.9 Å². The van der Waals surface area contributed by atoms with Crippen molar-refractivity contribution in [1.29, 1.82) is 0 Å². The van der Waals surface area contributed by atoms with Crippen LogP contribution in [0.25, 0.3) is 10.9 Å². The fourth-order valence-corrected chi connectivity index (χ4v) is 4.31. The first-order valence-corrected chi connectivity index (χ1v) is 11.1. The van der Waals surface area contributed by atoms with Gasteiger partial charge in [0.25, 0.3) is 11.5 Å². The number of benzene rings is 1. The number of fused-ring (bicyclic) bond motifs is 1. The molecule has 0 radical (unpaired) electrons. The number of aryl methyl sites for hydroxylation is 2. The van der Waals surface area contributed by atoms with E-state index in [1.165, 1.54) is 0 Å². The topological polar surface area (TPSA) is 105 Å². The lowest BCUT2D eigenvalue weighted by molar-refractivity contribution is -0.139. The van der Waals surface area contributed by atoms with Gasteiger partial charge in [-0.15, -0.1) is 0 Å². The highest BCUT2D eigenvalue weighted by molar-refractivity contribution is 5.81. The van der Waals surface area contributed by atoms with Gasteiger partial charge in [-0.3, -0.25) is 19.2 Å². The van der Waals surface area contributed by atoms with E-state index in [0.29, 0.717) is 49.5 Å². The molecule has 0 bridgehead atoms. The molecule has 4 rings (SSSR count). The fourth-order valence-electron chi connectivity index (χ4n) is 4.31. The molecule has 1 saturated heterocycles. The summed E-state index contributed by atoms with van der Waals surface area (Å²) < 4.78 is 7.64. The summed E-state index contributed by atoms with van der Waals surface area (Å²) in [6.07, 6.45) is 1.12. The summed E-state index contributed by atoms with van der Waals surface area (Å²) >= 11 is 0. The Balaban J connectivity index is 1.40. The summed E-state index contributed by atoms with van der Waals surface area (Å²) in [6.45, 7) is 6.62. The maximum absolute atomic E-state index is 12.8. The van der Waals surface area contributed by atoms with Crippen molar-refractivity contribution in [1.82, 2.24) is 30.0 Å². The molecule has 2 N–H and O–H groups in total. The highest BCUT2D eigenvalue weighted by Crippen LogP contribution is 2.16. The first-order chi connectivity index (χ1) is 15.5. The molecule has 3 heterocycles. The lowest BCUT2D eigenvalue weighted by Crippen LogP contribution is -2.49. The third-order valence-electron chi connectivity index (χ3n) is 5.95. The van der Waals surface area contributed by atoms with Crippen LogP contribution < -0.4 is 10.9 Å². The third kappa shape index (κ3) is 4.58. The smallest absolute Gasteiger partial charge is 0.258 e. The number of carbonyl (C=O) groups is 1. The highest BCUT2D eigenvalue weighted by atomic mass is 16.5. The molecule has 0 saturated carbocycles. The monoisotopic (exact) mass is 438 g/mol. The van der Waals surface area contributed by atoms with E-state index < -0.39 is 6.10 Å². The quantitative estimate of drug-likeness (QED) is 0.576. The molecule has 9 nitrogen and oxygen atoms in total. The predicted molar refractivity (Wildman–Crippen MR) is 121 cm³/mol. The summed E-state index contributed by atoms with van der Waals surface area (Å²) in [5, 5.41) is 8.17. The second-order valence-electron chi connectivity index (χ2n) is 8.04. The van der Waals surface area contributed by atoms with Gasteiger partial charge >= 0.3 is 0 Å². The van der Waals surface area contributed by atoms with Crippen LogP contribution in [-0.4, -0.2) is 56.4 Å². The number of hydrogen-bond donors (Lipinski definition) is 2. The molecule has 1 aliphatic rings. The summed E-state index contributed by atoms with van der Waals surface area (Å²) in [5.41, 5.74) is 3.77. The summed E-state index contributed by atoms with van der Waals surface area (Å²) in [5.74, 6) is 0.452. The van der Waals surface area contributed by atoms with Crippen molar-refractivity contribution >= 4 is 16.8 Å². The minimum atomic E-state index is -0.567. The van der Waals surface area contributed by atoms with Gasteiger partial charge < -0.3 is 15.0 Å². The van der Waals surface area contributed by atoms with Crippen molar-refractivity contribution in [2.45, 2.75) is 45.9 Å². The number of nitrogens with one attached hydrogen (secondary N) is 2. The zero-order valence-corrected chi connectivity index (χ0v) is 18.9. The first kappa shape index (κ1) is 22.2. The SMILES string of the molecule is CCc1nn(C)c(CC)c1CNC(=O)C1CN(Cc2nc3ccccc3c(=O)[nH]2)CCO1. The van der Waals surface area contributed by atoms with Gasteiger partial charge in [0.1, 0.15) is 11.9 Å². The largest absolute Gasteiger partial charge is 0.366 e. The number of rotatable bonds is 7. The summed E-state index contributed by atoms with van der Waals surface area (Å²) in [7, 11) is 1.94. The molecule has 1 fully saturated rings. The molecular weight excluding hydrogens is 408 g/mol. The number of H-pyrrole nitrogens is 1. The van der Waals surface area contributed by atoms with Gasteiger partial charge in [0.15, 0.2) is 0 Å². The Morgan fingerprint density at radius 3 is 2.88 bits per heavy atom. The Morgan fingerprint density at radius 1 is 1.28 bits per heavy atom. The zero-order chi connectivity index (χ0) is 22.7. The molecule has 9 heteroatoms. The van der Waals surface area contributed by atoms with Crippen LogP contribution in [0.3, 0.4) is 0 Å². The van der Waals surface area contributed by atoms with Crippen LogP contribution in [0.4, 0.5) is 0 Å². The minimum Gasteiger partial charge on any atom is -0.366 e. The van der Waals surface area contributed by atoms with Crippen LogP contribution in [0.15, 0.2) is 29.1 Å². The van der Waals surface area contributed by atoms with E-state index in [2.05, 4.69) is 39.1 Å². The highest BCUT2D eigenvalue weighted by Gasteiger charge is 2.27. The average molecular weight is 439 g/mol. The number of ether oxygens (including phenoxy) is 1. The van der Waals surface area contributed by atoms with E-state index in [0.717, 1.165) is 29.8 Å². The van der Waals surface area contributed by atoms with Gasteiger partial charge in [-0.25, -0.2) is 4.98 Å². The second-order valence-corrected chi connectivity index (χ2v) is 8.04. The van der Waals surface area contributed by atoms with E-state index in [-0.39, 0.29) is 11.5 Å². The number of morpholine rings is 1. The maximum Gasteiger partial charge on any atom is 0.258 e. The molecule has 0 spiro atoms. The molecular formula is C23H30N6O3. The van der Waals surface area contributed by atoms with Crippen LogP contribution in [-0.2, 0) is 42.5 Å². The van der Waals surface area contributed by atoms with Gasteiger partial charge in [-0.05, 0) is 25.0 Å². The van der Waals surface area contributed by atoms with Crippen molar-refractivity contribution in [2.75, 3.05) is 19.7 Å². The van der Waals surface area contributed by atoms with E-state index >= 15 is 0 Å². The normalized spacial score (nSPS) is 17.0. The zero-order valence-electron chi connectivity index (χ0n) is 18.9. The number of para-hydroxylation sites is 1. The molecule has 2 aromatic heterocycles. The predicted octanol–water partition coefficient (Wildman–Crippen LogP) is 1.30. The van der Waals surface area contributed by atoms with Crippen LogP contribution >= 0.6 is 0 Å². The van der Waals surface area contributed by atoms with Crippen molar-refractivity contribution in [3.8, 4) is 0 Å². The molecule has 1 amide bonds. The lowest BCUT2D eigenvalue weighted by atomic mass is 10.1. The van der Waals surface area contributed by atoms with Crippen LogP contribution in [0.5, 0.6) is 0 Å². The Morgan fingerprint density at radius 2 is 2.09 bits per heavy atom. The standard InChI is InChI=1S/C23H30N6O3/c1-4-17-16(19(5-2)28(3)27-17)12-24-23(31)20-13-29(10-11-32-20)14-21-25-18-9-7-6-8-15(18)22(30)26-21/h6-9,20H,4-5,10-14H2,1-3H3,(H,24,31)(H,25,26,30). The first-order valence-electron chi connectivity index (χ1n) is 11.1. The molecule has 32 heavy (non-hydrogen) atoms. The van der Waals surface area contributed by atoms with Gasteiger partial charge in [-0.1, -0.05) is 26.0 Å². The second kappa shape index (κ2) is 9.62. The Kier molecular flexibility index (Phi) is 6.66. The number of amides is 1. The number of aromatic amines is 1. The molecule has 0 aliphatic carbocycles. The number of nitrogens with zero attached hydrogens (tertiary/aromatic N) is 4. The van der Waals surface area contributed by atoms with Crippen molar-refractivity contribution in [3.05, 3.63) is 57.4 Å². The Bertz CT molecular complexity index is 1170. The minimum absolute atomic E-state index is 0.136. The molecule has 170 valence electrons. The average Bonchev–Trinajstić information content (AvgIpc) is 3.12. The van der Waals surface area contributed by atoms with Gasteiger partial charge in [0.05, 0.1) is 29.7 Å². The van der Waals surface area contributed by atoms with Crippen LogP contribution in [0, 0.1) is 0 Å². The Hall–Kier alpha value is -3.04. The number of hydrogen-bond acceptors (Lipinski definition) is 6.